The summed E-state index contributed by atoms with van der Waals surface area (Å²) in [6.45, 7) is 3.52. The van der Waals surface area contributed by atoms with E-state index in [1.807, 2.05) is 6.92 Å². The Bertz CT molecular complexity index is 61.5. The lowest BCUT2D eigenvalue weighted by atomic mass is 10.2. The monoisotopic (exact) mass is 119 g/mol. The molecule has 0 saturated carbocycles. The molecule has 1 unspecified atom stereocenters. The second kappa shape index (κ2) is 3.02. The van der Waals surface area contributed by atoms with E-state index in [0.717, 1.165) is 6.42 Å². The highest BCUT2D eigenvalue weighted by Crippen LogP contribution is 2.11. The zero-order valence-electron chi connectivity index (χ0n) is 5.79. The van der Waals surface area contributed by atoms with Crippen molar-refractivity contribution in [2.24, 2.45) is 0 Å². The molecule has 1 N–H and O–H groups in total. The molecular weight excluding hydrogens is 105 g/mol. The molecule has 0 rings (SSSR count). The summed E-state index contributed by atoms with van der Waals surface area (Å²) < 4.78 is 12.7. The summed E-state index contributed by atoms with van der Waals surface area (Å²) >= 11 is 0. The number of halogens is 1. The molecule has 0 aromatic heterocycles. The molecular formula is C6H14FN. The molecule has 0 amide bonds. The van der Waals surface area contributed by atoms with Gasteiger partial charge in [0.1, 0.15) is 0 Å². The Morgan fingerprint density at radius 2 is 2.12 bits per heavy atom. The van der Waals surface area contributed by atoms with Crippen molar-refractivity contribution in [1.82, 2.24) is 5.32 Å². The summed E-state index contributed by atoms with van der Waals surface area (Å²) in [4.78, 5) is 0. The fourth-order valence-corrected chi connectivity index (χ4v) is 0.594. The zero-order chi connectivity index (χ0) is 6.62. The van der Waals surface area contributed by atoms with Crippen molar-refractivity contribution in [2.45, 2.75) is 32.5 Å². The van der Waals surface area contributed by atoms with Gasteiger partial charge >= 0.3 is 0 Å². The molecule has 1 nitrogen and oxygen atoms in total. The molecule has 0 radical (unpaired) electrons. The standard InChI is InChI=1S/C6H14FN/c1-4-5-6(2,7)8-3/h8H,4-5H2,1-3H3. The van der Waals surface area contributed by atoms with Gasteiger partial charge in [0.15, 0.2) is 5.79 Å². The summed E-state index contributed by atoms with van der Waals surface area (Å²) in [5.74, 6) is -1.16. The Hall–Kier alpha value is -0.110. The first-order valence-electron chi connectivity index (χ1n) is 3.00. The van der Waals surface area contributed by atoms with Crippen LogP contribution < -0.4 is 5.32 Å². The molecule has 2 heteroatoms. The molecule has 0 fully saturated rings. The van der Waals surface area contributed by atoms with Crippen LogP contribution in [0.1, 0.15) is 26.7 Å². The molecule has 0 aliphatic heterocycles. The summed E-state index contributed by atoms with van der Waals surface area (Å²) in [5, 5.41) is 2.58. The van der Waals surface area contributed by atoms with Crippen molar-refractivity contribution in [3.8, 4) is 0 Å². The highest BCUT2D eigenvalue weighted by atomic mass is 19.1. The van der Waals surface area contributed by atoms with Crippen LogP contribution in [0.15, 0.2) is 0 Å². The maximum Gasteiger partial charge on any atom is 0.158 e. The quantitative estimate of drug-likeness (QED) is 0.557. The lowest BCUT2D eigenvalue weighted by Crippen LogP contribution is -2.33. The maximum absolute atomic E-state index is 12.7. The fourth-order valence-electron chi connectivity index (χ4n) is 0.594. The third kappa shape index (κ3) is 2.97. The van der Waals surface area contributed by atoms with Gasteiger partial charge in [-0.15, -0.1) is 0 Å². The van der Waals surface area contributed by atoms with Gasteiger partial charge < -0.3 is 0 Å². The van der Waals surface area contributed by atoms with Crippen LogP contribution in [-0.4, -0.2) is 12.8 Å². The summed E-state index contributed by atoms with van der Waals surface area (Å²) in [6, 6.07) is 0. The Labute approximate surface area is 50.3 Å². The first kappa shape index (κ1) is 7.89. The largest absolute Gasteiger partial charge is 0.289 e. The van der Waals surface area contributed by atoms with Crippen LogP contribution in [0.5, 0.6) is 0 Å². The lowest BCUT2D eigenvalue weighted by molar-refractivity contribution is 0.137. The van der Waals surface area contributed by atoms with Crippen LogP contribution in [0.2, 0.25) is 0 Å². The molecule has 0 bridgehead atoms. The molecule has 0 aromatic carbocycles. The molecule has 8 heavy (non-hydrogen) atoms. The van der Waals surface area contributed by atoms with E-state index in [1.165, 1.54) is 0 Å². The van der Waals surface area contributed by atoms with E-state index >= 15 is 0 Å². The molecule has 0 aliphatic rings. The Balaban J connectivity index is 3.37. The van der Waals surface area contributed by atoms with Crippen LogP contribution in [0.25, 0.3) is 0 Å². The Morgan fingerprint density at radius 1 is 1.62 bits per heavy atom. The second-order valence-corrected chi connectivity index (χ2v) is 2.20. The molecule has 50 valence electrons. The highest BCUT2D eigenvalue weighted by Gasteiger charge is 2.17. The molecule has 0 spiro atoms. The van der Waals surface area contributed by atoms with Gasteiger partial charge in [0, 0.05) is 0 Å². The van der Waals surface area contributed by atoms with Crippen LogP contribution in [0.3, 0.4) is 0 Å². The van der Waals surface area contributed by atoms with E-state index in [4.69, 9.17) is 0 Å². The van der Waals surface area contributed by atoms with E-state index < -0.39 is 5.79 Å². The van der Waals surface area contributed by atoms with Gasteiger partial charge in [-0.1, -0.05) is 13.3 Å². The summed E-state index contributed by atoms with van der Waals surface area (Å²) in [5.41, 5.74) is 0. The molecule has 1 atom stereocenters. The summed E-state index contributed by atoms with van der Waals surface area (Å²) in [6.07, 6.45) is 1.47. The second-order valence-electron chi connectivity index (χ2n) is 2.20. The van der Waals surface area contributed by atoms with E-state index in [9.17, 15) is 4.39 Å². The number of nitrogens with one attached hydrogen (secondary N) is 1. The first-order valence-corrected chi connectivity index (χ1v) is 3.00. The van der Waals surface area contributed by atoms with Crippen molar-refractivity contribution >= 4 is 0 Å². The minimum absolute atomic E-state index is 0.587. The molecule has 0 aromatic rings. The van der Waals surface area contributed by atoms with Crippen LogP contribution in [0, 0.1) is 0 Å². The highest BCUT2D eigenvalue weighted by molar-refractivity contribution is 4.65. The van der Waals surface area contributed by atoms with Crippen LogP contribution in [0.4, 0.5) is 4.39 Å². The maximum atomic E-state index is 12.7. The van der Waals surface area contributed by atoms with E-state index in [-0.39, 0.29) is 0 Å². The summed E-state index contributed by atoms with van der Waals surface area (Å²) in [7, 11) is 1.63. The SMILES string of the molecule is CCCC(C)(F)NC. The smallest absolute Gasteiger partial charge is 0.158 e. The van der Waals surface area contributed by atoms with Crippen molar-refractivity contribution in [3.05, 3.63) is 0 Å². The van der Waals surface area contributed by atoms with Gasteiger partial charge in [-0.3, -0.25) is 5.32 Å². The normalized spacial score (nSPS) is 18.0. The zero-order valence-corrected chi connectivity index (χ0v) is 5.79. The van der Waals surface area contributed by atoms with E-state index in [0.29, 0.717) is 6.42 Å². The third-order valence-electron chi connectivity index (χ3n) is 1.24. The number of alkyl halides is 1. The topological polar surface area (TPSA) is 12.0 Å². The predicted octanol–water partition coefficient (Wildman–Crippen LogP) is 1.69. The predicted molar refractivity (Wildman–Crippen MR) is 33.5 cm³/mol. The first-order chi connectivity index (χ1) is 3.62. The molecule has 0 aliphatic carbocycles. The minimum Gasteiger partial charge on any atom is -0.289 e. The van der Waals surface area contributed by atoms with Crippen molar-refractivity contribution in [3.63, 3.8) is 0 Å². The van der Waals surface area contributed by atoms with Crippen LogP contribution >= 0.6 is 0 Å². The Morgan fingerprint density at radius 3 is 2.25 bits per heavy atom. The van der Waals surface area contributed by atoms with Gasteiger partial charge in [-0.25, -0.2) is 4.39 Å². The van der Waals surface area contributed by atoms with Gasteiger partial charge in [0.05, 0.1) is 0 Å². The third-order valence-corrected chi connectivity index (χ3v) is 1.24. The van der Waals surface area contributed by atoms with Crippen molar-refractivity contribution < 1.29 is 4.39 Å². The van der Waals surface area contributed by atoms with Crippen LogP contribution in [-0.2, 0) is 0 Å². The average molecular weight is 119 g/mol. The van der Waals surface area contributed by atoms with E-state index in [1.54, 1.807) is 14.0 Å². The molecule has 0 saturated heterocycles. The average Bonchev–Trinajstić information content (AvgIpc) is 1.67. The van der Waals surface area contributed by atoms with Gasteiger partial charge in [-0.2, -0.15) is 0 Å². The Kier molecular flexibility index (Phi) is 2.98. The van der Waals surface area contributed by atoms with Gasteiger partial charge in [0.25, 0.3) is 0 Å². The van der Waals surface area contributed by atoms with Crippen molar-refractivity contribution in [1.29, 1.82) is 0 Å². The van der Waals surface area contributed by atoms with Gasteiger partial charge in [0.2, 0.25) is 0 Å². The minimum atomic E-state index is -1.16. The fraction of sp³-hybridized carbons (Fsp3) is 1.00. The van der Waals surface area contributed by atoms with E-state index in [2.05, 4.69) is 5.32 Å². The molecule has 0 heterocycles. The number of hydrogen-bond donors (Lipinski definition) is 1. The number of hydrogen-bond acceptors (Lipinski definition) is 1. The van der Waals surface area contributed by atoms with Crippen molar-refractivity contribution in [2.75, 3.05) is 7.05 Å². The number of rotatable bonds is 3. The van der Waals surface area contributed by atoms with Gasteiger partial charge in [-0.05, 0) is 20.4 Å². The lowest BCUT2D eigenvalue weighted by Gasteiger charge is -2.17.